The summed E-state index contributed by atoms with van der Waals surface area (Å²) < 4.78 is 22.4. The minimum atomic E-state index is -0.306. The summed E-state index contributed by atoms with van der Waals surface area (Å²) in [6, 6.07) is 17.3. The van der Waals surface area contributed by atoms with Crippen LogP contribution >= 0.6 is 31.9 Å². The summed E-state index contributed by atoms with van der Waals surface area (Å²) in [5, 5.41) is 4.93. The van der Waals surface area contributed by atoms with Crippen molar-refractivity contribution in [1.29, 1.82) is 0 Å². The number of benzene rings is 3. The van der Waals surface area contributed by atoms with E-state index < -0.39 is 0 Å². The summed E-state index contributed by atoms with van der Waals surface area (Å²) in [5.74, 6) is 0.853. The van der Waals surface area contributed by atoms with E-state index in [0.717, 1.165) is 10.0 Å². The van der Waals surface area contributed by atoms with Gasteiger partial charge >= 0.3 is 0 Å². The Morgan fingerprint density at radius 2 is 1.91 bits per heavy atom. The standard InChI is InChI=1S/C25H20Br2FN3O2/c1-15(2)24-30-22-9-8-18(26)12-19(22)25(32)31(24)29-13-16-7-10-23(20(27)11-16)33-14-17-5-3-4-6-21(17)28/h3-13,15H,14H2,1-2H3. The number of hydrogen-bond donors (Lipinski definition) is 0. The van der Waals surface area contributed by atoms with E-state index in [-0.39, 0.29) is 23.9 Å². The average Bonchev–Trinajstić information content (AvgIpc) is 2.79. The van der Waals surface area contributed by atoms with E-state index in [9.17, 15) is 9.18 Å². The molecule has 0 radical (unpaired) electrons. The van der Waals surface area contributed by atoms with Crippen molar-refractivity contribution in [2.24, 2.45) is 5.10 Å². The number of nitrogens with zero attached hydrogens (tertiary/aromatic N) is 3. The molecule has 3 aromatic carbocycles. The summed E-state index contributed by atoms with van der Waals surface area (Å²) in [7, 11) is 0. The third kappa shape index (κ3) is 5.23. The molecule has 4 aromatic rings. The van der Waals surface area contributed by atoms with Crippen LogP contribution in [0, 0.1) is 5.82 Å². The van der Waals surface area contributed by atoms with Crippen LogP contribution in [0.5, 0.6) is 5.75 Å². The summed E-state index contributed by atoms with van der Waals surface area (Å²) >= 11 is 6.90. The molecule has 0 amide bonds. The lowest BCUT2D eigenvalue weighted by Crippen LogP contribution is -2.23. The van der Waals surface area contributed by atoms with Gasteiger partial charge in [0, 0.05) is 16.0 Å². The second kappa shape index (κ2) is 9.97. The molecular formula is C25H20Br2FN3O2. The highest BCUT2D eigenvalue weighted by Gasteiger charge is 2.14. The maximum atomic E-state index is 13.8. The van der Waals surface area contributed by atoms with Crippen LogP contribution in [-0.2, 0) is 6.61 Å². The van der Waals surface area contributed by atoms with Crippen molar-refractivity contribution < 1.29 is 9.13 Å². The maximum absolute atomic E-state index is 13.8. The Balaban J connectivity index is 1.62. The van der Waals surface area contributed by atoms with Gasteiger partial charge in [0.25, 0.3) is 5.56 Å². The minimum Gasteiger partial charge on any atom is -0.488 e. The smallest absolute Gasteiger partial charge is 0.282 e. The molecule has 0 aliphatic rings. The molecule has 0 fully saturated rings. The zero-order chi connectivity index (χ0) is 23.5. The summed E-state index contributed by atoms with van der Waals surface area (Å²) in [4.78, 5) is 17.8. The average molecular weight is 573 g/mol. The van der Waals surface area contributed by atoms with Crippen LogP contribution < -0.4 is 10.3 Å². The molecule has 0 bridgehead atoms. The van der Waals surface area contributed by atoms with Gasteiger partial charge in [-0.3, -0.25) is 4.79 Å². The van der Waals surface area contributed by atoms with Crippen molar-refractivity contribution in [2.75, 3.05) is 0 Å². The van der Waals surface area contributed by atoms with Gasteiger partial charge in [0.2, 0.25) is 0 Å². The molecule has 0 aliphatic carbocycles. The summed E-state index contributed by atoms with van der Waals surface area (Å²) in [5.41, 5.74) is 1.64. The molecule has 1 aromatic heterocycles. The van der Waals surface area contributed by atoms with E-state index in [2.05, 4.69) is 41.9 Å². The second-order valence-corrected chi connectivity index (χ2v) is 9.49. The predicted molar refractivity (Wildman–Crippen MR) is 136 cm³/mol. The molecule has 0 unspecified atom stereocenters. The highest BCUT2D eigenvalue weighted by molar-refractivity contribution is 9.10. The third-order valence-corrected chi connectivity index (χ3v) is 6.08. The first-order chi connectivity index (χ1) is 15.8. The first kappa shape index (κ1) is 23.3. The Kier molecular flexibility index (Phi) is 7.05. The molecule has 0 N–H and O–H groups in total. The fourth-order valence-electron chi connectivity index (χ4n) is 3.26. The molecular weight excluding hydrogens is 553 g/mol. The number of fused-ring (bicyclic) bond motifs is 1. The molecule has 5 nitrogen and oxygen atoms in total. The third-order valence-electron chi connectivity index (χ3n) is 4.97. The Morgan fingerprint density at radius 3 is 2.64 bits per heavy atom. The first-order valence-corrected chi connectivity index (χ1v) is 11.8. The number of ether oxygens (including phenoxy) is 1. The van der Waals surface area contributed by atoms with Gasteiger partial charge in [0.05, 0.1) is 21.6 Å². The van der Waals surface area contributed by atoms with Crippen molar-refractivity contribution >= 4 is 49.0 Å². The van der Waals surface area contributed by atoms with Gasteiger partial charge in [-0.2, -0.15) is 9.78 Å². The van der Waals surface area contributed by atoms with Gasteiger partial charge in [-0.1, -0.05) is 48.0 Å². The van der Waals surface area contributed by atoms with Crippen molar-refractivity contribution in [3.05, 3.63) is 103 Å². The Bertz CT molecular complexity index is 1420. The van der Waals surface area contributed by atoms with Gasteiger partial charge in [-0.05, 0) is 64.0 Å². The first-order valence-electron chi connectivity index (χ1n) is 10.3. The van der Waals surface area contributed by atoms with Crippen LogP contribution in [0.4, 0.5) is 4.39 Å². The van der Waals surface area contributed by atoms with E-state index in [1.165, 1.54) is 10.7 Å². The van der Waals surface area contributed by atoms with Crippen LogP contribution in [0.1, 0.15) is 36.7 Å². The lowest BCUT2D eigenvalue weighted by molar-refractivity contribution is 0.298. The molecule has 4 rings (SSSR count). The SMILES string of the molecule is CC(C)c1nc2ccc(Br)cc2c(=O)n1N=Cc1ccc(OCc2ccccc2F)c(Br)c1. The Morgan fingerprint density at radius 1 is 1.12 bits per heavy atom. The fourth-order valence-corrected chi connectivity index (χ4v) is 4.13. The summed E-state index contributed by atoms with van der Waals surface area (Å²) in [6.07, 6.45) is 1.60. The molecule has 0 aliphatic heterocycles. The van der Waals surface area contributed by atoms with E-state index in [0.29, 0.717) is 32.5 Å². The van der Waals surface area contributed by atoms with Gasteiger partial charge in [-0.15, -0.1) is 0 Å². The molecule has 0 saturated heterocycles. The molecule has 1 heterocycles. The fraction of sp³-hybridized carbons (Fsp3) is 0.160. The van der Waals surface area contributed by atoms with E-state index in [1.54, 1.807) is 36.5 Å². The highest BCUT2D eigenvalue weighted by Crippen LogP contribution is 2.27. The highest BCUT2D eigenvalue weighted by atomic mass is 79.9. The number of rotatable bonds is 6. The lowest BCUT2D eigenvalue weighted by atomic mass is 10.2. The number of aromatic nitrogens is 2. The molecule has 0 saturated carbocycles. The molecule has 33 heavy (non-hydrogen) atoms. The van der Waals surface area contributed by atoms with Crippen LogP contribution in [0.25, 0.3) is 10.9 Å². The quantitative estimate of drug-likeness (QED) is 0.243. The molecule has 8 heteroatoms. The Hall–Kier alpha value is -2.84. The predicted octanol–water partition coefficient (Wildman–Crippen LogP) is 6.65. The normalized spacial score (nSPS) is 11.6. The van der Waals surface area contributed by atoms with Crippen molar-refractivity contribution in [2.45, 2.75) is 26.4 Å². The largest absolute Gasteiger partial charge is 0.488 e. The van der Waals surface area contributed by atoms with Crippen molar-refractivity contribution in [3.63, 3.8) is 0 Å². The van der Waals surface area contributed by atoms with Gasteiger partial charge in [0.15, 0.2) is 0 Å². The van der Waals surface area contributed by atoms with E-state index >= 15 is 0 Å². The van der Waals surface area contributed by atoms with Gasteiger partial charge < -0.3 is 4.74 Å². The van der Waals surface area contributed by atoms with Crippen LogP contribution in [0.2, 0.25) is 0 Å². The van der Waals surface area contributed by atoms with Gasteiger partial charge in [0.1, 0.15) is 24.0 Å². The molecule has 168 valence electrons. The van der Waals surface area contributed by atoms with Crippen LogP contribution in [0.15, 0.2) is 79.5 Å². The zero-order valence-corrected chi connectivity index (χ0v) is 21.1. The van der Waals surface area contributed by atoms with Crippen LogP contribution in [0.3, 0.4) is 0 Å². The van der Waals surface area contributed by atoms with Gasteiger partial charge in [-0.25, -0.2) is 9.37 Å². The van der Waals surface area contributed by atoms with Crippen LogP contribution in [-0.4, -0.2) is 15.9 Å². The van der Waals surface area contributed by atoms with E-state index in [1.807, 2.05) is 38.1 Å². The van der Waals surface area contributed by atoms with E-state index in [4.69, 9.17) is 4.74 Å². The maximum Gasteiger partial charge on any atom is 0.282 e. The van der Waals surface area contributed by atoms with Crippen molar-refractivity contribution in [3.8, 4) is 5.75 Å². The minimum absolute atomic E-state index is 0.00351. The number of halogens is 3. The zero-order valence-electron chi connectivity index (χ0n) is 17.9. The molecule has 0 atom stereocenters. The Labute approximate surface area is 207 Å². The molecule has 0 spiro atoms. The van der Waals surface area contributed by atoms with Crippen molar-refractivity contribution in [1.82, 2.24) is 9.66 Å². The second-order valence-electron chi connectivity index (χ2n) is 7.72. The topological polar surface area (TPSA) is 56.5 Å². The lowest BCUT2D eigenvalue weighted by Gasteiger charge is -2.12. The summed E-state index contributed by atoms with van der Waals surface area (Å²) in [6.45, 7) is 4.05. The number of hydrogen-bond acceptors (Lipinski definition) is 4. The monoisotopic (exact) mass is 571 g/mol.